The third kappa shape index (κ3) is 4.71. The van der Waals surface area contributed by atoms with E-state index in [9.17, 15) is 29.4 Å². The fraction of sp³-hybridized carbons (Fsp3) is 0.615. The molecule has 0 spiro atoms. The van der Waals surface area contributed by atoms with Gasteiger partial charge < -0.3 is 29.2 Å². The lowest BCUT2D eigenvalue weighted by Crippen LogP contribution is -2.65. The average molecular weight is 507 g/mol. The predicted octanol–water partition coefficient (Wildman–Crippen LogP) is 1.54. The fourth-order valence-corrected chi connectivity index (χ4v) is 5.72. The third-order valence-electron chi connectivity index (χ3n) is 7.55. The number of rotatable bonds is 4. The number of ether oxygens (including phenoxy) is 4. The first-order valence-corrected chi connectivity index (χ1v) is 11.9. The van der Waals surface area contributed by atoms with Gasteiger partial charge in [0.1, 0.15) is 18.3 Å². The monoisotopic (exact) mass is 506 g/mol. The van der Waals surface area contributed by atoms with Crippen molar-refractivity contribution in [2.75, 3.05) is 6.61 Å². The first kappa shape index (κ1) is 27.6. The Morgan fingerprint density at radius 2 is 1.72 bits per heavy atom. The Bertz CT molecular complexity index is 1030. The first-order valence-electron chi connectivity index (χ1n) is 11.9. The van der Waals surface area contributed by atoms with E-state index >= 15 is 0 Å². The highest BCUT2D eigenvalue weighted by Crippen LogP contribution is 2.54. The van der Waals surface area contributed by atoms with E-state index in [2.05, 4.69) is 0 Å². The molecule has 2 N–H and O–H groups in total. The molecule has 10 heteroatoms. The lowest BCUT2D eigenvalue weighted by Gasteiger charge is -2.53. The zero-order chi connectivity index (χ0) is 27.0. The van der Waals surface area contributed by atoms with Gasteiger partial charge in [-0.15, -0.1) is 0 Å². The molecule has 1 saturated heterocycles. The number of aliphatic hydroxyl groups excluding tert-OH is 1. The summed E-state index contributed by atoms with van der Waals surface area (Å²) in [7, 11) is 0. The second-order valence-corrected chi connectivity index (χ2v) is 9.91. The normalized spacial score (nSPS) is 40.3. The molecule has 0 unspecified atom stereocenters. The van der Waals surface area contributed by atoms with Gasteiger partial charge in [0, 0.05) is 33.1 Å². The van der Waals surface area contributed by atoms with Crippen LogP contribution < -0.4 is 0 Å². The summed E-state index contributed by atoms with van der Waals surface area (Å²) in [5.74, 6) is -4.60. The summed E-state index contributed by atoms with van der Waals surface area (Å²) in [5, 5.41) is 22.2. The van der Waals surface area contributed by atoms with Gasteiger partial charge in [0.2, 0.25) is 0 Å². The molecule has 1 aliphatic heterocycles. The standard InChI is InChI=1S/C26H34O10/c1-13-7-9-19(33-15(3)28)25(6)20(34-16(4)29)10-8-18(12-27)11-21-26(32,14(2)24(31)36-21)23(22(13)25)35-17(5)30/h7-8,10-11,14,19-23,27,32H,9,12H2,1-6H3/b10-8+,18-11+/t14-,19-,20-,21-,22+,23-,25+,26+/m0/s1. The number of fused-ring (bicyclic) bond motifs is 2. The molecule has 8 atom stereocenters. The van der Waals surface area contributed by atoms with Crippen LogP contribution in [0, 0.1) is 17.3 Å². The Kier molecular flexibility index (Phi) is 7.80. The molecule has 0 radical (unpaired) electrons. The van der Waals surface area contributed by atoms with Crippen LogP contribution in [0.25, 0.3) is 0 Å². The molecule has 1 heterocycles. The van der Waals surface area contributed by atoms with Crippen molar-refractivity contribution >= 4 is 23.9 Å². The SMILES string of the molecule is CC(=O)O[C@H]1/C=C/C(CO)=C\[C@@H]2OC(=O)[C@H](C)[C@]2(O)[C@@H](OC(C)=O)[C@H]2C(C)=CC[C@H](OC(C)=O)[C@]12C. The van der Waals surface area contributed by atoms with Crippen molar-refractivity contribution in [2.24, 2.45) is 17.3 Å². The average Bonchev–Trinajstić information content (AvgIpc) is 2.99. The second-order valence-electron chi connectivity index (χ2n) is 9.91. The molecular formula is C26H34O10. The molecule has 198 valence electrons. The summed E-state index contributed by atoms with van der Waals surface area (Å²) in [5.41, 5.74) is -2.37. The Morgan fingerprint density at radius 3 is 2.28 bits per heavy atom. The van der Waals surface area contributed by atoms with E-state index < -0.39 is 77.8 Å². The Labute approximate surface area is 209 Å². The molecule has 2 aliphatic carbocycles. The molecule has 36 heavy (non-hydrogen) atoms. The maximum absolute atomic E-state index is 12.7. The van der Waals surface area contributed by atoms with Crippen molar-refractivity contribution in [2.45, 2.75) is 78.0 Å². The zero-order valence-electron chi connectivity index (χ0n) is 21.3. The Hall–Kier alpha value is -2.98. The zero-order valence-corrected chi connectivity index (χ0v) is 21.3. The number of carbonyl (C=O) groups excluding carboxylic acids is 4. The van der Waals surface area contributed by atoms with E-state index in [0.29, 0.717) is 5.57 Å². The molecule has 0 bridgehead atoms. The van der Waals surface area contributed by atoms with Crippen molar-refractivity contribution in [1.82, 2.24) is 0 Å². The van der Waals surface area contributed by atoms with Gasteiger partial charge in [-0.25, -0.2) is 0 Å². The predicted molar refractivity (Wildman–Crippen MR) is 125 cm³/mol. The van der Waals surface area contributed by atoms with Gasteiger partial charge >= 0.3 is 23.9 Å². The third-order valence-corrected chi connectivity index (χ3v) is 7.55. The molecular weight excluding hydrogens is 472 g/mol. The Morgan fingerprint density at radius 1 is 1.11 bits per heavy atom. The van der Waals surface area contributed by atoms with Crippen LogP contribution in [0.4, 0.5) is 0 Å². The van der Waals surface area contributed by atoms with Crippen molar-refractivity contribution in [3.63, 3.8) is 0 Å². The minimum Gasteiger partial charge on any atom is -0.461 e. The van der Waals surface area contributed by atoms with Gasteiger partial charge in [0.05, 0.1) is 17.9 Å². The van der Waals surface area contributed by atoms with Gasteiger partial charge in [-0.2, -0.15) is 0 Å². The summed E-state index contributed by atoms with van der Waals surface area (Å²) in [6.45, 7) is 8.16. The maximum Gasteiger partial charge on any atom is 0.312 e. The van der Waals surface area contributed by atoms with E-state index in [4.69, 9.17) is 18.9 Å². The lowest BCUT2D eigenvalue weighted by molar-refractivity contribution is -0.211. The van der Waals surface area contributed by atoms with E-state index in [1.165, 1.54) is 39.8 Å². The molecule has 10 nitrogen and oxygen atoms in total. The molecule has 3 aliphatic rings. The van der Waals surface area contributed by atoms with Crippen LogP contribution in [0.1, 0.15) is 48.0 Å². The van der Waals surface area contributed by atoms with Gasteiger partial charge in [-0.05, 0) is 31.6 Å². The number of esters is 4. The number of hydrogen-bond donors (Lipinski definition) is 2. The number of carbonyl (C=O) groups is 4. The fourth-order valence-electron chi connectivity index (χ4n) is 5.72. The molecule has 0 aromatic heterocycles. The summed E-state index contributed by atoms with van der Waals surface area (Å²) >= 11 is 0. The smallest absolute Gasteiger partial charge is 0.312 e. The minimum atomic E-state index is -2.06. The van der Waals surface area contributed by atoms with Gasteiger partial charge in [-0.3, -0.25) is 19.2 Å². The van der Waals surface area contributed by atoms with Crippen LogP contribution in [0.3, 0.4) is 0 Å². The van der Waals surface area contributed by atoms with Crippen molar-refractivity contribution in [3.05, 3.63) is 35.5 Å². The highest BCUT2D eigenvalue weighted by molar-refractivity contribution is 5.78. The lowest BCUT2D eigenvalue weighted by atomic mass is 9.56. The summed E-state index contributed by atoms with van der Waals surface area (Å²) in [4.78, 5) is 49.4. The van der Waals surface area contributed by atoms with E-state index in [0.717, 1.165) is 0 Å². The Balaban J connectivity index is 2.40. The van der Waals surface area contributed by atoms with E-state index in [1.54, 1.807) is 19.9 Å². The van der Waals surface area contributed by atoms with Crippen LogP contribution in [0.5, 0.6) is 0 Å². The van der Waals surface area contributed by atoms with Crippen LogP contribution in [-0.2, 0) is 38.1 Å². The van der Waals surface area contributed by atoms with Gasteiger partial charge in [0.25, 0.3) is 0 Å². The molecule has 3 rings (SSSR count). The summed E-state index contributed by atoms with van der Waals surface area (Å²) in [6, 6.07) is 0. The van der Waals surface area contributed by atoms with Gasteiger partial charge in [0.15, 0.2) is 11.7 Å². The highest BCUT2D eigenvalue weighted by atomic mass is 16.6. The summed E-state index contributed by atoms with van der Waals surface area (Å²) < 4.78 is 22.7. The number of hydrogen-bond acceptors (Lipinski definition) is 10. The summed E-state index contributed by atoms with van der Waals surface area (Å²) in [6.07, 6.45) is 2.03. The first-order chi connectivity index (χ1) is 16.8. The molecule has 0 aromatic carbocycles. The van der Waals surface area contributed by atoms with Crippen molar-refractivity contribution in [1.29, 1.82) is 0 Å². The van der Waals surface area contributed by atoms with Crippen LogP contribution in [0.15, 0.2) is 35.5 Å². The molecule has 0 amide bonds. The minimum absolute atomic E-state index is 0.270. The maximum atomic E-state index is 12.7. The van der Waals surface area contributed by atoms with E-state index in [1.807, 2.05) is 6.08 Å². The van der Waals surface area contributed by atoms with Crippen LogP contribution in [-0.4, -0.2) is 70.7 Å². The quantitative estimate of drug-likeness (QED) is 0.327. The number of aliphatic hydroxyl groups is 2. The van der Waals surface area contributed by atoms with Crippen LogP contribution >= 0.6 is 0 Å². The molecule has 0 aromatic rings. The molecule has 0 saturated carbocycles. The largest absolute Gasteiger partial charge is 0.461 e. The second kappa shape index (κ2) is 10.2. The van der Waals surface area contributed by atoms with Crippen molar-refractivity contribution < 1.29 is 48.3 Å². The van der Waals surface area contributed by atoms with Gasteiger partial charge in [-0.1, -0.05) is 24.6 Å². The molecule has 1 fully saturated rings. The van der Waals surface area contributed by atoms with Crippen LogP contribution in [0.2, 0.25) is 0 Å². The topological polar surface area (TPSA) is 146 Å². The van der Waals surface area contributed by atoms with Crippen molar-refractivity contribution in [3.8, 4) is 0 Å². The highest BCUT2D eigenvalue weighted by Gasteiger charge is 2.66. The van der Waals surface area contributed by atoms with E-state index in [-0.39, 0.29) is 12.0 Å².